The molecule has 2 N–H and O–H groups in total. The van der Waals surface area contributed by atoms with E-state index in [1.165, 1.54) is 6.42 Å². The van der Waals surface area contributed by atoms with Crippen molar-refractivity contribution in [1.29, 1.82) is 0 Å². The number of aliphatic hydroxyl groups is 1. The lowest BCUT2D eigenvalue weighted by atomic mass is 9.91. The van der Waals surface area contributed by atoms with Crippen LogP contribution >= 0.6 is 0 Å². The summed E-state index contributed by atoms with van der Waals surface area (Å²) in [5.74, 6) is 0.0127. The molecule has 0 heterocycles. The third-order valence-electron chi connectivity index (χ3n) is 3.54. The minimum Gasteiger partial charge on any atom is -0.395 e. The topological polar surface area (TPSA) is 52.6 Å². The van der Waals surface area contributed by atoms with Gasteiger partial charge in [0, 0.05) is 25.3 Å². The number of nitrogens with zero attached hydrogens (tertiary/aromatic N) is 1. The lowest BCUT2D eigenvalue weighted by Crippen LogP contribution is -2.45. The van der Waals surface area contributed by atoms with Crippen molar-refractivity contribution in [2.24, 2.45) is 0 Å². The van der Waals surface area contributed by atoms with Gasteiger partial charge in [-0.25, -0.2) is 0 Å². The molecular weight excluding hydrogens is 228 g/mol. The summed E-state index contributed by atoms with van der Waals surface area (Å²) in [7, 11) is 1.81. The van der Waals surface area contributed by atoms with E-state index in [1.807, 2.05) is 31.3 Å². The van der Waals surface area contributed by atoms with E-state index >= 15 is 0 Å². The van der Waals surface area contributed by atoms with Gasteiger partial charge in [-0.2, -0.15) is 0 Å². The Hall–Kier alpha value is -1.55. The Morgan fingerprint density at radius 2 is 2.17 bits per heavy atom. The van der Waals surface area contributed by atoms with Gasteiger partial charge in [-0.15, -0.1) is 0 Å². The van der Waals surface area contributed by atoms with E-state index in [0.29, 0.717) is 18.2 Å². The fraction of sp³-hybridized carbons (Fsp3) is 0.500. The average molecular weight is 248 g/mol. The SMILES string of the molecule is CNc1ccccc1C(=O)N(CCO)C1CCC1. The third kappa shape index (κ3) is 2.48. The fourth-order valence-corrected chi connectivity index (χ4v) is 2.30. The van der Waals surface area contributed by atoms with E-state index in [-0.39, 0.29) is 12.5 Å². The second kappa shape index (κ2) is 5.87. The van der Waals surface area contributed by atoms with Gasteiger partial charge in [0.1, 0.15) is 0 Å². The number of rotatable bonds is 5. The van der Waals surface area contributed by atoms with Gasteiger partial charge in [0.2, 0.25) is 0 Å². The van der Waals surface area contributed by atoms with Crippen LogP contribution in [0.25, 0.3) is 0 Å². The van der Waals surface area contributed by atoms with E-state index in [4.69, 9.17) is 5.11 Å². The molecule has 1 aromatic rings. The molecule has 2 rings (SSSR count). The molecule has 4 nitrogen and oxygen atoms in total. The van der Waals surface area contributed by atoms with Crippen LogP contribution in [0.1, 0.15) is 29.6 Å². The smallest absolute Gasteiger partial charge is 0.256 e. The quantitative estimate of drug-likeness (QED) is 0.834. The summed E-state index contributed by atoms with van der Waals surface area (Å²) in [4.78, 5) is 14.3. The van der Waals surface area contributed by atoms with E-state index in [0.717, 1.165) is 18.5 Å². The molecule has 98 valence electrons. The lowest BCUT2D eigenvalue weighted by Gasteiger charge is -2.37. The van der Waals surface area contributed by atoms with Crippen LogP contribution in [-0.4, -0.2) is 42.2 Å². The summed E-state index contributed by atoms with van der Waals surface area (Å²) >= 11 is 0. The van der Waals surface area contributed by atoms with Crippen LogP contribution in [0.2, 0.25) is 0 Å². The van der Waals surface area contributed by atoms with Crippen LogP contribution in [0.15, 0.2) is 24.3 Å². The van der Waals surface area contributed by atoms with Crippen molar-refractivity contribution in [2.45, 2.75) is 25.3 Å². The van der Waals surface area contributed by atoms with Crippen molar-refractivity contribution < 1.29 is 9.90 Å². The number of amides is 1. The first-order chi connectivity index (χ1) is 8.77. The van der Waals surface area contributed by atoms with Gasteiger partial charge in [0.15, 0.2) is 0 Å². The molecule has 1 amide bonds. The number of aliphatic hydroxyl groups excluding tert-OH is 1. The Kier molecular flexibility index (Phi) is 4.20. The molecule has 1 aliphatic carbocycles. The number of nitrogens with one attached hydrogen (secondary N) is 1. The standard InChI is InChI=1S/C14H20N2O2/c1-15-13-8-3-2-7-12(13)14(18)16(9-10-17)11-5-4-6-11/h2-3,7-8,11,15,17H,4-6,9-10H2,1H3. The number of carbonyl (C=O) groups is 1. The molecule has 0 spiro atoms. The first kappa shape index (κ1) is 12.9. The molecule has 1 fully saturated rings. The number of para-hydroxylation sites is 1. The zero-order valence-corrected chi connectivity index (χ0v) is 10.7. The lowest BCUT2D eigenvalue weighted by molar-refractivity contribution is 0.0527. The predicted molar refractivity (Wildman–Crippen MR) is 71.8 cm³/mol. The molecule has 0 bridgehead atoms. The van der Waals surface area contributed by atoms with Crippen molar-refractivity contribution in [2.75, 3.05) is 25.5 Å². The number of anilines is 1. The van der Waals surface area contributed by atoms with Crippen molar-refractivity contribution in [3.63, 3.8) is 0 Å². The third-order valence-corrected chi connectivity index (χ3v) is 3.54. The van der Waals surface area contributed by atoms with Gasteiger partial charge in [-0.05, 0) is 31.4 Å². The van der Waals surface area contributed by atoms with Crippen LogP contribution in [-0.2, 0) is 0 Å². The molecule has 4 heteroatoms. The summed E-state index contributed by atoms with van der Waals surface area (Å²) in [5, 5.41) is 12.2. The van der Waals surface area contributed by atoms with Gasteiger partial charge >= 0.3 is 0 Å². The zero-order valence-electron chi connectivity index (χ0n) is 10.7. The summed E-state index contributed by atoms with van der Waals surface area (Å²) in [6.07, 6.45) is 3.27. The highest BCUT2D eigenvalue weighted by Gasteiger charge is 2.29. The number of benzene rings is 1. The van der Waals surface area contributed by atoms with Crippen molar-refractivity contribution in [3.8, 4) is 0 Å². The second-order valence-corrected chi connectivity index (χ2v) is 4.60. The van der Waals surface area contributed by atoms with Gasteiger partial charge in [0.25, 0.3) is 5.91 Å². The molecule has 1 saturated carbocycles. The number of hydrogen-bond donors (Lipinski definition) is 2. The maximum atomic E-state index is 12.5. The Morgan fingerprint density at radius 3 is 2.72 bits per heavy atom. The number of hydrogen-bond acceptors (Lipinski definition) is 3. The van der Waals surface area contributed by atoms with Crippen LogP contribution in [0.5, 0.6) is 0 Å². The van der Waals surface area contributed by atoms with Crippen molar-refractivity contribution >= 4 is 11.6 Å². The van der Waals surface area contributed by atoms with Crippen LogP contribution in [0.3, 0.4) is 0 Å². The molecule has 0 aliphatic heterocycles. The minimum absolute atomic E-state index is 0.0127. The Morgan fingerprint density at radius 1 is 1.44 bits per heavy atom. The summed E-state index contributed by atoms with van der Waals surface area (Å²) in [6, 6.07) is 7.80. The molecule has 0 radical (unpaired) electrons. The minimum atomic E-state index is 0.0127. The normalized spacial score (nSPS) is 15.0. The monoisotopic (exact) mass is 248 g/mol. The maximum absolute atomic E-state index is 12.5. The first-order valence-electron chi connectivity index (χ1n) is 6.46. The summed E-state index contributed by atoms with van der Waals surface area (Å²) in [6.45, 7) is 0.436. The van der Waals surface area contributed by atoms with Crippen LogP contribution < -0.4 is 5.32 Å². The van der Waals surface area contributed by atoms with E-state index in [9.17, 15) is 4.79 Å². The Bertz CT molecular complexity index is 416. The van der Waals surface area contributed by atoms with Gasteiger partial charge in [-0.1, -0.05) is 12.1 Å². The summed E-state index contributed by atoms with van der Waals surface area (Å²) in [5.41, 5.74) is 1.52. The fourth-order valence-electron chi connectivity index (χ4n) is 2.30. The largest absolute Gasteiger partial charge is 0.395 e. The molecular formula is C14H20N2O2. The highest BCUT2D eigenvalue weighted by atomic mass is 16.3. The predicted octanol–water partition coefficient (Wildman–Crippen LogP) is 1.72. The van der Waals surface area contributed by atoms with Gasteiger partial charge < -0.3 is 15.3 Å². The number of carbonyl (C=O) groups excluding carboxylic acids is 1. The van der Waals surface area contributed by atoms with Gasteiger partial charge in [0.05, 0.1) is 12.2 Å². The molecule has 0 saturated heterocycles. The first-order valence-corrected chi connectivity index (χ1v) is 6.46. The van der Waals surface area contributed by atoms with Gasteiger partial charge in [-0.3, -0.25) is 4.79 Å². The van der Waals surface area contributed by atoms with Crippen molar-refractivity contribution in [3.05, 3.63) is 29.8 Å². The van der Waals surface area contributed by atoms with E-state index in [1.54, 1.807) is 4.90 Å². The zero-order chi connectivity index (χ0) is 13.0. The van der Waals surface area contributed by atoms with E-state index < -0.39 is 0 Å². The van der Waals surface area contributed by atoms with Crippen LogP contribution in [0, 0.1) is 0 Å². The average Bonchev–Trinajstić information content (AvgIpc) is 2.35. The molecule has 1 aliphatic rings. The molecule has 0 atom stereocenters. The molecule has 0 aromatic heterocycles. The highest BCUT2D eigenvalue weighted by Crippen LogP contribution is 2.27. The highest BCUT2D eigenvalue weighted by molar-refractivity contribution is 5.99. The Balaban J connectivity index is 2.21. The molecule has 0 unspecified atom stereocenters. The Labute approximate surface area is 108 Å². The van der Waals surface area contributed by atoms with Crippen LogP contribution in [0.4, 0.5) is 5.69 Å². The molecule has 18 heavy (non-hydrogen) atoms. The second-order valence-electron chi connectivity index (χ2n) is 4.60. The van der Waals surface area contributed by atoms with E-state index in [2.05, 4.69) is 5.32 Å². The van der Waals surface area contributed by atoms with Crippen molar-refractivity contribution in [1.82, 2.24) is 4.90 Å². The maximum Gasteiger partial charge on any atom is 0.256 e. The summed E-state index contributed by atoms with van der Waals surface area (Å²) < 4.78 is 0. The molecule has 1 aromatic carbocycles.